The number of benzene rings is 1. The lowest BCUT2D eigenvalue weighted by Crippen LogP contribution is -2.52. The van der Waals surface area contributed by atoms with E-state index in [-0.39, 0.29) is 6.03 Å². The standard InChI is InChI=1S/C25H30N6O2/c32-25(26-13-12-19-6-2-1-3-7-19)31-16-14-30(15-17-31)22-11-10-21(18-27-22)23-28-24(33-29-23)20-8-4-5-9-20/h1-3,6-7,10-11,18,20H,4-5,8-9,12-17H2,(H,26,32). The minimum absolute atomic E-state index is 0.00376. The van der Waals surface area contributed by atoms with Crippen molar-refractivity contribution in [3.8, 4) is 11.4 Å². The minimum atomic E-state index is 0.00376. The molecule has 0 unspecified atom stereocenters. The van der Waals surface area contributed by atoms with Gasteiger partial charge in [-0.1, -0.05) is 48.3 Å². The van der Waals surface area contributed by atoms with Gasteiger partial charge in [-0.05, 0) is 37.0 Å². The molecule has 3 heterocycles. The first kappa shape index (κ1) is 21.4. The monoisotopic (exact) mass is 446 g/mol. The molecule has 1 aliphatic carbocycles. The van der Waals surface area contributed by atoms with Crippen LogP contribution in [0.25, 0.3) is 11.4 Å². The highest BCUT2D eigenvalue weighted by Gasteiger charge is 2.24. The van der Waals surface area contributed by atoms with Crippen molar-refractivity contribution in [3.05, 3.63) is 60.1 Å². The number of urea groups is 1. The molecule has 5 rings (SSSR count). The Hall–Kier alpha value is -3.42. The molecule has 2 amide bonds. The maximum absolute atomic E-state index is 12.5. The summed E-state index contributed by atoms with van der Waals surface area (Å²) in [4.78, 5) is 25.8. The van der Waals surface area contributed by atoms with Crippen LogP contribution in [0.3, 0.4) is 0 Å². The number of rotatable bonds is 6. The maximum Gasteiger partial charge on any atom is 0.317 e. The van der Waals surface area contributed by atoms with Crippen LogP contribution in [0.2, 0.25) is 0 Å². The molecule has 8 nitrogen and oxygen atoms in total. The summed E-state index contributed by atoms with van der Waals surface area (Å²) in [5.41, 5.74) is 2.09. The molecule has 2 fully saturated rings. The van der Waals surface area contributed by atoms with Crippen LogP contribution in [0.1, 0.15) is 43.1 Å². The Kier molecular flexibility index (Phi) is 6.51. The van der Waals surface area contributed by atoms with E-state index in [0.717, 1.165) is 49.6 Å². The van der Waals surface area contributed by atoms with Gasteiger partial charge < -0.3 is 19.6 Å². The van der Waals surface area contributed by atoms with Gasteiger partial charge in [-0.15, -0.1) is 0 Å². The van der Waals surface area contributed by atoms with Crippen molar-refractivity contribution in [2.75, 3.05) is 37.6 Å². The van der Waals surface area contributed by atoms with Gasteiger partial charge in [0.05, 0.1) is 0 Å². The van der Waals surface area contributed by atoms with Crippen LogP contribution in [-0.4, -0.2) is 58.8 Å². The number of hydrogen-bond donors (Lipinski definition) is 1. The molecular weight excluding hydrogens is 416 g/mol. The molecular formula is C25H30N6O2. The third kappa shape index (κ3) is 5.16. The smallest absolute Gasteiger partial charge is 0.317 e. The second-order valence-electron chi connectivity index (χ2n) is 8.78. The van der Waals surface area contributed by atoms with Gasteiger partial charge in [-0.3, -0.25) is 0 Å². The van der Waals surface area contributed by atoms with Crippen molar-refractivity contribution in [3.63, 3.8) is 0 Å². The third-order valence-corrected chi connectivity index (χ3v) is 6.58. The Labute approximate surface area is 194 Å². The molecule has 1 aromatic carbocycles. The summed E-state index contributed by atoms with van der Waals surface area (Å²) >= 11 is 0. The number of amides is 2. The molecule has 0 bridgehead atoms. The fraction of sp³-hybridized carbons (Fsp3) is 0.440. The quantitative estimate of drug-likeness (QED) is 0.619. The largest absolute Gasteiger partial charge is 0.353 e. The number of pyridine rings is 1. The summed E-state index contributed by atoms with van der Waals surface area (Å²) in [6, 6.07) is 14.2. The van der Waals surface area contributed by atoms with E-state index in [4.69, 9.17) is 4.52 Å². The Morgan fingerprint density at radius 3 is 2.55 bits per heavy atom. The number of piperazine rings is 1. The highest BCUT2D eigenvalue weighted by molar-refractivity contribution is 5.74. The zero-order valence-corrected chi connectivity index (χ0v) is 18.8. The van der Waals surface area contributed by atoms with E-state index in [2.05, 4.69) is 37.5 Å². The predicted molar refractivity (Wildman–Crippen MR) is 126 cm³/mol. The van der Waals surface area contributed by atoms with Crippen LogP contribution < -0.4 is 10.2 Å². The summed E-state index contributed by atoms with van der Waals surface area (Å²) in [6.07, 6.45) is 7.39. The number of aromatic nitrogens is 3. The highest BCUT2D eigenvalue weighted by Crippen LogP contribution is 2.33. The number of carbonyl (C=O) groups excluding carboxylic acids is 1. The fourth-order valence-electron chi connectivity index (χ4n) is 4.61. The van der Waals surface area contributed by atoms with Crippen molar-refractivity contribution < 1.29 is 9.32 Å². The molecule has 0 spiro atoms. The summed E-state index contributed by atoms with van der Waals surface area (Å²) in [5, 5.41) is 7.19. The van der Waals surface area contributed by atoms with E-state index in [1.54, 1.807) is 6.20 Å². The number of nitrogens with zero attached hydrogens (tertiary/aromatic N) is 5. The van der Waals surface area contributed by atoms with E-state index >= 15 is 0 Å². The summed E-state index contributed by atoms with van der Waals surface area (Å²) in [6.45, 7) is 3.51. The number of anilines is 1. The molecule has 33 heavy (non-hydrogen) atoms. The lowest BCUT2D eigenvalue weighted by molar-refractivity contribution is 0.194. The average molecular weight is 447 g/mol. The van der Waals surface area contributed by atoms with Crippen LogP contribution in [0, 0.1) is 0 Å². The summed E-state index contributed by atoms with van der Waals surface area (Å²) < 4.78 is 5.49. The molecule has 0 atom stereocenters. The summed E-state index contributed by atoms with van der Waals surface area (Å²) in [7, 11) is 0. The van der Waals surface area contributed by atoms with E-state index < -0.39 is 0 Å². The first-order chi connectivity index (χ1) is 16.3. The summed E-state index contributed by atoms with van der Waals surface area (Å²) in [5.74, 6) is 2.67. The van der Waals surface area contributed by atoms with Gasteiger partial charge in [0, 0.05) is 50.4 Å². The molecule has 0 radical (unpaired) electrons. The van der Waals surface area contributed by atoms with Crippen LogP contribution in [-0.2, 0) is 6.42 Å². The topological polar surface area (TPSA) is 87.4 Å². The Morgan fingerprint density at radius 1 is 1.03 bits per heavy atom. The molecule has 2 aromatic heterocycles. The van der Waals surface area contributed by atoms with Gasteiger partial charge in [-0.25, -0.2) is 9.78 Å². The minimum Gasteiger partial charge on any atom is -0.353 e. The zero-order chi connectivity index (χ0) is 22.5. The molecule has 1 saturated heterocycles. The Balaban J connectivity index is 1.10. The van der Waals surface area contributed by atoms with Crippen molar-refractivity contribution in [1.82, 2.24) is 25.3 Å². The second-order valence-corrected chi connectivity index (χ2v) is 8.78. The van der Waals surface area contributed by atoms with E-state index in [0.29, 0.717) is 31.4 Å². The average Bonchev–Trinajstić information content (AvgIpc) is 3.57. The lowest BCUT2D eigenvalue weighted by Gasteiger charge is -2.35. The molecule has 3 aromatic rings. The van der Waals surface area contributed by atoms with Crippen LogP contribution in [0.15, 0.2) is 53.2 Å². The Morgan fingerprint density at radius 2 is 1.82 bits per heavy atom. The van der Waals surface area contributed by atoms with E-state index in [9.17, 15) is 4.79 Å². The van der Waals surface area contributed by atoms with Gasteiger partial charge in [-0.2, -0.15) is 4.98 Å². The van der Waals surface area contributed by atoms with Gasteiger partial charge in [0.15, 0.2) is 0 Å². The number of nitrogens with one attached hydrogen (secondary N) is 1. The van der Waals surface area contributed by atoms with Gasteiger partial charge in [0.2, 0.25) is 11.7 Å². The SMILES string of the molecule is O=C(NCCc1ccccc1)N1CCN(c2ccc(-c3noc(C4CCCC4)n3)cn2)CC1. The first-order valence-electron chi connectivity index (χ1n) is 11.9. The van der Waals surface area contributed by atoms with Gasteiger partial charge in [0.1, 0.15) is 5.82 Å². The predicted octanol–water partition coefficient (Wildman–Crippen LogP) is 3.86. The van der Waals surface area contributed by atoms with Crippen LogP contribution in [0.4, 0.5) is 10.6 Å². The highest BCUT2D eigenvalue weighted by atomic mass is 16.5. The molecule has 1 saturated carbocycles. The molecule has 172 valence electrons. The number of hydrogen-bond acceptors (Lipinski definition) is 6. The van der Waals surface area contributed by atoms with Gasteiger partial charge in [0.25, 0.3) is 0 Å². The van der Waals surface area contributed by atoms with E-state index in [1.807, 2.05) is 35.2 Å². The normalized spacial score (nSPS) is 16.8. The first-order valence-corrected chi connectivity index (χ1v) is 11.9. The van der Waals surface area contributed by atoms with Crippen molar-refractivity contribution in [2.45, 2.75) is 38.0 Å². The second kappa shape index (κ2) is 10.0. The number of carbonyl (C=O) groups is 1. The maximum atomic E-state index is 12.5. The van der Waals surface area contributed by atoms with Crippen LogP contribution in [0.5, 0.6) is 0 Å². The molecule has 2 aliphatic rings. The van der Waals surface area contributed by atoms with Crippen molar-refractivity contribution in [2.24, 2.45) is 0 Å². The van der Waals surface area contributed by atoms with Crippen molar-refractivity contribution >= 4 is 11.8 Å². The Bertz CT molecular complexity index is 1040. The molecule has 1 aliphatic heterocycles. The molecule has 8 heteroatoms. The lowest BCUT2D eigenvalue weighted by atomic mass is 10.1. The van der Waals surface area contributed by atoms with Crippen LogP contribution >= 0.6 is 0 Å². The third-order valence-electron chi connectivity index (χ3n) is 6.58. The van der Waals surface area contributed by atoms with E-state index in [1.165, 1.54) is 18.4 Å². The fourth-order valence-corrected chi connectivity index (χ4v) is 4.61. The van der Waals surface area contributed by atoms with Crippen molar-refractivity contribution in [1.29, 1.82) is 0 Å². The zero-order valence-electron chi connectivity index (χ0n) is 18.8. The molecule has 1 N–H and O–H groups in total. The van der Waals surface area contributed by atoms with Gasteiger partial charge >= 0.3 is 6.03 Å².